The van der Waals surface area contributed by atoms with Gasteiger partial charge in [-0.05, 0) is 37.0 Å². The molecule has 0 aromatic rings. The van der Waals surface area contributed by atoms with Gasteiger partial charge < -0.3 is 35.0 Å². The summed E-state index contributed by atoms with van der Waals surface area (Å²) in [4.78, 5) is 0. The van der Waals surface area contributed by atoms with Gasteiger partial charge in [0, 0.05) is 6.42 Å². The van der Waals surface area contributed by atoms with E-state index in [0.717, 1.165) is 0 Å². The third-order valence-corrected chi connectivity index (χ3v) is 3.37. The van der Waals surface area contributed by atoms with E-state index in [4.69, 9.17) is 14.6 Å². The van der Waals surface area contributed by atoms with Crippen LogP contribution in [-0.4, -0.2) is 75.6 Å². The molecule has 0 spiro atoms. The Bertz CT molecular complexity index is 555. The van der Waals surface area contributed by atoms with Gasteiger partial charge in [-0.1, -0.05) is 11.8 Å². The summed E-state index contributed by atoms with van der Waals surface area (Å²) < 4.78 is 10.6. The monoisotopic (exact) mass is 338 g/mol. The summed E-state index contributed by atoms with van der Waals surface area (Å²) >= 11 is 0. The van der Waals surface area contributed by atoms with Gasteiger partial charge in [0.25, 0.3) is 0 Å². The molecule has 7 nitrogen and oxygen atoms in total. The molecule has 132 valence electrons. The minimum Gasteiger partial charge on any atom is -0.394 e. The SMILES string of the molecule is CC#CC#CC#CCCC(CO)O[C@@H]1OC(CO)[C@@H](O)[C@H](O)C1O. The van der Waals surface area contributed by atoms with Gasteiger partial charge in [-0.15, -0.1) is 0 Å². The maximum atomic E-state index is 9.88. The number of rotatable bonds is 6. The van der Waals surface area contributed by atoms with Gasteiger partial charge in [0.05, 0.1) is 19.3 Å². The van der Waals surface area contributed by atoms with Crippen molar-refractivity contribution < 1.29 is 35.0 Å². The van der Waals surface area contributed by atoms with Crippen molar-refractivity contribution in [3.05, 3.63) is 0 Å². The molecule has 0 bridgehead atoms. The first-order valence-corrected chi connectivity index (χ1v) is 7.51. The molecule has 1 aliphatic heterocycles. The second-order valence-corrected chi connectivity index (χ2v) is 5.10. The second kappa shape index (κ2) is 11.0. The lowest BCUT2D eigenvalue weighted by Gasteiger charge is -2.40. The van der Waals surface area contributed by atoms with E-state index in [1.807, 2.05) is 0 Å². The van der Waals surface area contributed by atoms with E-state index < -0.39 is 43.4 Å². The summed E-state index contributed by atoms with van der Waals surface area (Å²) in [7, 11) is 0. The van der Waals surface area contributed by atoms with Crippen LogP contribution in [-0.2, 0) is 9.47 Å². The fourth-order valence-corrected chi connectivity index (χ4v) is 2.04. The molecular formula is C17H22O7. The fraction of sp³-hybridized carbons (Fsp3) is 0.647. The highest BCUT2D eigenvalue weighted by molar-refractivity contribution is 5.35. The van der Waals surface area contributed by atoms with Crippen molar-refractivity contribution in [2.45, 2.75) is 56.6 Å². The fourth-order valence-electron chi connectivity index (χ4n) is 2.04. The smallest absolute Gasteiger partial charge is 0.187 e. The van der Waals surface area contributed by atoms with Gasteiger partial charge >= 0.3 is 0 Å². The topological polar surface area (TPSA) is 120 Å². The average Bonchev–Trinajstić information content (AvgIpc) is 2.59. The van der Waals surface area contributed by atoms with Gasteiger partial charge in [-0.3, -0.25) is 0 Å². The van der Waals surface area contributed by atoms with Crippen LogP contribution in [0.25, 0.3) is 0 Å². The Morgan fingerprint density at radius 2 is 1.71 bits per heavy atom. The highest BCUT2D eigenvalue weighted by atomic mass is 16.7. The maximum absolute atomic E-state index is 9.88. The highest BCUT2D eigenvalue weighted by Crippen LogP contribution is 2.23. The molecule has 1 saturated heterocycles. The quantitative estimate of drug-likeness (QED) is 0.355. The highest BCUT2D eigenvalue weighted by Gasteiger charge is 2.44. The van der Waals surface area contributed by atoms with Gasteiger partial charge in [-0.25, -0.2) is 0 Å². The Morgan fingerprint density at radius 1 is 1.00 bits per heavy atom. The summed E-state index contributed by atoms with van der Waals surface area (Å²) in [6, 6.07) is 0. The Kier molecular flexibility index (Phi) is 9.41. The van der Waals surface area contributed by atoms with E-state index in [2.05, 4.69) is 35.5 Å². The molecule has 1 rings (SSSR count). The molecule has 3 unspecified atom stereocenters. The van der Waals surface area contributed by atoms with Gasteiger partial charge in [0.1, 0.15) is 24.4 Å². The molecule has 1 heterocycles. The lowest BCUT2D eigenvalue weighted by atomic mass is 9.99. The van der Waals surface area contributed by atoms with Crippen molar-refractivity contribution in [3.63, 3.8) is 0 Å². The minimum atomic E-state index is -1.52. The van der Waals surface area contributed by atoms with E-state index in [9.17, 15) is 20.4 Å². The number of aliphatic hydroxyl groups is 5. The molecule has 0 aromatic heterocycles. The first-order valence-electron chi connectivity index (χ1n) is 7.51. The zero-order chi connectivity index (χ0) is 17.9. The van der Waals surface area contributed by atoms with Crippen molar-refractivity contribution in [2.75, 3.05) is 13.2 Å². The minimum absolute atomic E-state index is 0.344. The zero-order valence-corrected chi connectivity index (χ0v) is 13.3. The van der Waals surface area contributed by atoms with Crippen molar-refractivity contribution in [2.24, 2.45) is 0 Å². The number of hydrogen-bond donors (Lipinski definition) is 5. The summed E-state index contributed by atoms with van der Waals surface area (Å²) in [5.41, 5.74) is 0. The molecule has 1 aliphatic rings. The molecule has 0 aliphatic carbocycles. The Labute approximate surface area is 141 Å². The standard InChI is InChI=1S/C17H22O7/c1-2-3-4-5-6-7-8-9-12(10-18)23-17-16(22)15(21)14(20)13(11-19)24-17/h12-22H,8-11H2,1H3/t12?,13?,14-,15+,16?,17-/m1/s1. The molecule has 5 N–H and O–H groups in total. The van der Waals surface area contributed by atoms with Gasteiger partial charge in [0.15, 0.2) is 6.29 Å². The molecule has 0 aromatic carbocycles. The predicted octanol–water partition coefficient (Wildman–Crippen LogP) is -2.03. The number of aliphatic hydroxyl groups excluding tert-OH is 5. The van der Waals surface area contributed by atoms with Crippen LogP contribution in [0.1, 0.15) is 19.8 Å². The van der Waals surface area contributed by atoms with E-state index in [0.29, 0.717) is 12.8 Å². The predicted molar refractivity (Wildman–Crippen MR) is 84.0 cm³/mol. The third kappa shape index (κ3) is 6.13. The lowest BCUT2D eigenvalue weighted by molar-refractivity contribution is -0.313. The van der Waals surface area contributed by atoms with Crippen LogP contribution in [0.5, 0.6) is 0 Å². The van der Waals surface area contributed by atoms with Crippen LogP contribution in [0.2, 0.25) is 0 Å². The third-order valence-electron chi connectivity index (χ3n) is 3.37. The first kappa shape index (κ1) is 20.4. The number of ether oxygens (including phenoxy) is 2. The maximum Gasteiger partial charge on any atom is 0.187 e. The van der Waals surface area contributed by atoms with Crippen molar-refractivity contribution >= 4 is 0 Å². The van der Waals surface area contributed by atoms with Crippen LogP contribution in [0, 0.1) is 35.5 Å². The summed E-state index contributed by atoms with van der Waals surface area (Å²) in [5.74, 6) is 15.6. The molecule has 24 heavy (non-hydrogen) atoms. The van der Waals surface area contributed by atoms with Crippen LogP contribution in [0.4, 0.5) is 0 Å². The summed E-state index contributed by atoms with van der Waals surface area (Å²) in [5, 5.41) is 47.7. The second-order valence-electron chi connectivity index (χ2n) is 5.10. The van der Waals surface area contributed by atoms with Gasteiger partial charge in [0.2, 0.25) is 0 Å². The van der Waals surface area contributed by atoms with E-state index in [1.165, 1.54) is 0 Å². The zero-order valence-electron chi connectivity index (χ0n) is 13.3. The molecule has 0 radical (unpaired) electrons. The Balaban J connectivity index is 2.54. The van der Waals surface area contributed by atoms with E-state index >= 15 is 0 Å². The Hall–Kier alpha value is -1.60. The van der Waals surface area contributed by atoms with Crippen molar-refractivity contribution in [1.29, 1.82) is 0 Å². The summed E-state index contributed by atoms with van der Waals surface area (Å²) in [6.07, 6.45) is -6.75. The molecule has 7 heteroatoms. The molecule has 6 atom stereocenters. The number of hydrogen-bond acceptors (Lipinski definition) is 7. The normalized spacial score (nSPS) is 30.0. The summed E-state index contributed by atoms with van der Waals surface area (Å²) in [6.45, 7) is 0.785. The molecular weight excluding hydrogens is 316 g/mol. The van der Waals surface area contributed by atoms with Crippen LogP contribution in [0.3, 0.4) is 0 Å². The van der Waals surface area contributed by atoms with Crippen LogP contribution >= 0.6 is 0 Å². The molecule has 0 saturated carbocycles. The molecule has 0 amide bonds. The lowest BCUT2D eigenvalue weighted by Crippen LogP contribution is -2.59. The molecule has 1 fully saturated rings. The van der Waals surface area contributed by atoms with Gasteiger partial charge in [-0.2, -0.15) is 0 Å². The first-order chi connectivity index (χ1) is 11.5. The van der Waals surface area contributed by atoms with E-state index in [-0.39, 0.29) is 6.61 Å². The van der Waals surface area contributed by atoms with Crippen molar-refractivity contribution in [3.8, 4) is 35.5 Å². The van der Waals surface area contributed by atoms with Crippen molar-refractivity contribution in [1.82, 2.24) is 0 Å². The Morgan fingerprint density at radius 3 is 2.33 bits per heavy atom. The largest absolute Gasteiger partial charge is 0.394 e. The van der Waals surface area contributed by atoms with E-state index in [1.54, 1.807) is 6.92 Å². The van der Waals surface area contributed by atoms with Crippen LogP contribution < -0.4 is 0 Å². The van der Waals surface area contributed by atoms with Crippen LogP contribution in [0.15, 0.2) is 0 Å². The average molecular weight is 338 g/mol.